The SMILES string of the molecule is COc1cccc(OC)c1-n1c(CS(=O)(=O)C[C@@H](O)c2ccc(Cl)cc2S(C)(=O)=O)nnc1-c1cncc(C)c1.COc1cccc(OC)c1-n1c(CS(=O)(=O)C[C@H](O)c2ccc(Cl)cc2S(C)(=O)=O)nnc1-c1cncc(C)c1. The van der Waals surface area contributed by atoms with Crippen LogP contribution in [0.1, 0.15) is 46.1 Å². The second kappa shape index (κ2) is 24.8. The molecule has 4 aromatic heterocycles. The van der Waals surface area contributed by atoms with Crippen molar-refractivity contribution in [2.45, 2.75) is 47.4 Å². The van der Waals surface area contributed by atoms with Crippen molar-refractivity contribution in [1.29, 1.82) is 0 Å². The average molecular weight is 1210 g/mol. The first-order valence-corrected chi connectivity index (χ1v) is 31.8. The zero-order valence-corrected chi connectivity index (χ0v) is 48.9. The Hall–Kier alpha value is -7.04. The van der Waals surface area contributed by atoms with E-state index in [1.54, 1.807) is 61.2 Å². The van der Waals surface area contributed by atoms with Crippen molar-refractivity contribution in [3.05, 3.63) is 154 Å². The van der Waals surface area contributed by atoms with Crippen LogP contribution in [0.4, 0.5) is 0 Å². The van der Waals surface area contributed by atoms with Gasteiger partial charge in [-0.05, 0) is 85.6 Å². The molecule has 0 saturated carbocycles. The molecule has 0 spiro atoms. The van der Waals surface area contributed by atoms with E-state index >= 15 is 0 Å². The maximum atomic E-state index is 13.4. The number of sulfone groups is 4. The third-order valence-electron chi connectivity index (χ3n) is 12.0. The van der Waals surface area contributed by atoms with E-state index in [9.17, 15) is 43.9 Å². The molecule has 0 radical (unpaired) electrons. The lowest BCUT2D eigenvalue weighted by atomic mass is 10.1. The summed E-state index contributed by atoms with van der Waals surface area (Å²) in [7, 11) is -9.94. The molecule has 80 heavy (non-hydrogen) atoms. The average Bonchev–Trinajstić information content (AvgIpc) is 4.05. The maximum absolute atomic E-state index is 13.4. The van der Waals surface area contributed by atoms with Crippen molar-refractivity contribution >= 4 is 62.6 Å². The van der Waals surface area contributed by atoms with Crippen LogP contribution in [0.25, 0.3) is 34.2 Å². The summed E-state index contributed by atoms with van der Waals surface area (Å²) in [4.78, 5) is 7.93. The second-order valence-corrected chi connectivity index (χ2v) is 27.2. The molecule has 0 fully saturated rings. The Morgan fingerprint density at radius 1 is 0.500 bits per heavy atom. The summed E-state index contributed by atoms with van der Waals surface area (Å²) in [5.41, 5.74) is 3.44. The van der Waals surface area contributed by atoms with Crippen molar-refractivity contribution in [3.63, 3.8) is 0 Å². The molecule has 2 atom stereocenters. The quantitative estimate of drug-likeness (QED) is 0.0800. The molecule has 0 amide bonds. The largest absolute Gasteiger partial charge is 0.494 e. The number of aromatic nitrogens is 8. The molecule has 22 nitrogen and oxygen atoms in total. The molecule has 0 aliphatic rings. The first-order chi connectivity index (χ1) is 37.7. The third kappa shape index (κ3) is 14.1. The predicted octanol–water partition coefficient (Wildman–Crippen LogP) is 6.72. The first kappa shape index (κ1) is 60.6. The fourth-order valence-corrected chi connectivity index (χ4v) is 13.6. The highest BCUT2D eigenvalue weighted by atomic mass is 35.5. The van der Waals surface area contributed by atoms with Gasteiger partial charge in [0.2, 0.25) is 0 Å². The number of ether oxygens (including phenoxy) is 4. The van der Waals surface area contributed by atoms with Gasteiger partial charge in [-0.2, -0.15) is 0 Å². The number of pyridine rings is 2. The normalized spacial score (nSPS) is 12.8. The Bertz CT molecular complexity index is 3760. The number of hydrogen-bond donors (Lipinski definition) is 2. The lowest BCUT2D eigenvalue weighted by Gasteiger charge is -2.18. The maximum Gasteiger partial charge on any atom is 0.175 e. The van der Waals surface area contributed by atoms with Crippen LogP contribution in [0.5, 0.6) is 23.0 Å². The van der Waals surface area contributed by atoms with E-state index in [1.807, 2.05) is 26.0 Å². The molecular weight excluding hydrogens is 1160 g/mol. The molecule has 0 bridgehead atoms. The summed E-state index contributed by atoms with van der Waals surface area (Å²) in [5.74, 6) is -0.725. The van der Waals surface area contributed by atoms with Crippen LogP contribution < -0.4 is 18.9 Å². The van der Waals surface area contributed by atoms with Gasteiger partial charge in [-0.15, -0.1) is 20.4 Å². The Kier molecular flexibility index (Phi) is 18.8. The number of para-hydroxylation sites is 2. The van der Waals surface area contributed by atoms with Crippen molar-refractivity contribution in [3.8, 4) is 57.1 Å². The van der Waals surface area contributed by atoms with Gasteiger partial charge in [0.15, 0.2) is 62.6 Å². The van der Waals surface area contributed by atoms with Crippen LogP contribution in [0.3, 0.4) is 0 Å². The molecule has 4 aromatic carbocycles. The molecule has 8 aromatic rings. The molecule has 2 N–H and O–H groups in total. The van der Waals surface area contributed by atoms with Crippen molar-refractivity contribution in [1.82, 2.24) is 39.5 Å². The highest BCUT2D eigenvalue weighted by Crippen LogP contribution is 2.39. The van der Waals surface area contributed by atoms with Crippen LogP contribution in [0.2, 0.25) is 10.0 Å². The lowest BCUT2D eigenvalue weighted by Crippen LogP contribution is -2.20. The van der Waals surface area contributed by atoms with Crippen molar-refractivity contribution in [2.24, 2.45) is 0 Å². The van der Waals surface area contributed by atoms with Gasteiger partial charge in [0.05, 0.1) is 61.9 Å². The van der Waals surface area contributed by atoms with Gasteiger partial charge >= 0.3 is 0 Å². The summed E-state index contributed by atoms with van der Waals surface area (Å²) < 4.78 is 128. The minimum absolute atomic E-state index is 0.0194. The number of aliphatic hydroxyl groups excluding tert-OH is 2. The third-order valence-corrected chi connectivity index (χ3v) is 17.8. The topological polar surface area (TPSA) is 301 Å². The fourth-order valence-electron chi connectivity index (χ4n) is 8.50. The standard InChI is InChI=1S/2C26H27ClN4O7S2/c2*1-16-10-17(13-28-12-16)26-30-29-24(31(26)25-21(37-2)6-5-7-22(25)38-3)15-40(35,36)14-20(32)19-9-8-18(27)11-23(19)39(4,33)34/h2*5-13,20,32H,14-15H2,1-4H3/t2*20-/m10/s1. The second-order valence-electron chi connectivity index (χ2n) is 18.1. The van der Waals surface area contributed by atoms with Crippen LogP contribution >= 0.6 is 23.2 Å². The van der Waals surface area contributed by atoms with Crippen molar-refractivity contribution < 1.29 is 62.8 Å². The number of aliphatic hydroxyl groups is 2. The molecular formula is C52H54Cl2N8O14S4. The lowest BCUT2D eigenvalue weighted by molar-refractivity contribution is 0.198. The predicted molar refractivity (Wildman–Crippen MR) is 299 cm³/mol. The molecule has 4 heterocycles. The van der Waals surface area contributed by atoms with Gasteiger partial charge in [0.25, 0.3) is 0 Å². The molecule has 424 valence electrons. The summed E-state index contributed by atoms with van der Waals surface area (Å²) in [5, 5.41) is 38.9. The number of aryl methyl sites for hydroxylation is 2. The van der Waals surface area contributed by atoms with Crippen LogP contribution in [0.15, 0.2) is 120 Å². The van der Waals surface area contributed by atoms with Crippen LogP contribution in [0, 0.1) is 13.8 Å². The Morgan fingerprint density at radius 2 is 0.838 bits per heavy atom. The molecule has 0 saturated heterocycles. The number of methoxy groups -OCH3 is 4. The van der Waals surface area contributed by atoms with Crippen LogP contribution in [-0.2, 0) is 50.9 Å². The van der Waals surface area contributed by atoms with E-state index < -0.39 is 74.6 Å². The monoisotopic (exact) mass is 1210 g/mol. The minimum atomic E-state index is -4.10. The summed E-state index contributed by atoms with van der Waals surface area (Å²) in [6, 6.07) is 21.5. The van der Waals surface area contributed by atoms with E-state index in [0.29, 0.717) is 57.1 Å². The number of rotatable bonds is 20. The van der Waals surface area contributed by atoms with Gasteiger partial charge in [-0.1, -0.05) is 47.5 Å². The molecule has 8 rings (SSSR count). The summed E-state index contributed by atoms with van der Waals surface area (Å²) in [6.07, 6.45) is 5.09. The van der Waals surface area contributed by atoms with E-state index in [-0.39, 0.29) is 42.6 Å². The summed E-state index contributed by atoms with van der Waals surface area (Å²) in [6.45, 7) is 3.71. The number of halogens is 2. The van der Waals surface area contributed by atoms with Gasteiger partial charge in [0.1, 0.15) is 45.9 Å². The minimum Gasteiger partial charge on any atom is -0.494 e. The summed E-state index contributed by atoms with van der Waals surface area (Å²) >= 11 is 11.9. The molecule has 0 aliphatic carbocycles. The number of nitrogens with zero attached hydrogens (tertiary/aromatic N) is 8. The number of benzene rings is 4. The zero-order valence-electron chi connectivity index (χ0n) is 44.1. The van der Waals surface area contributed by atoms with Crippen molar-refractivity contribution in [2.75, 3.05) is 52.5 Å². The Labute approximate surface area is 472 Å². The number of hydrogen-bond acceptors (Lipinski definition) is 20. The molecule has 28 heteroatoms. The van der Waals surface area contributed by atoms with Crippen LogP contribution in [-0.4, -0.2) is 136 Å². The molecule has 0 aliphatic heterocycles. The van der Waals surface area contributed by atoms with E-state index in [0.717, 1.165) is 23.6 Å². The smallest absolute Gasteiger partial charge is 0.175 e. The Balaban J connectivity index is 0.000000231. The van der Waals surface area contributed by atoms with E-state index in [1.165, 1.54) is 74.0 Å². The van der Waals surface area contributed by atoms with Gasteiger partial charge in [0, 0.05) is 69.6 Å². The van der Waals surface area contributed by atoms with Gasteiger partial charge < -0.3 is 29.2 Å². The fraction of sp³-hybridized carbons (Fsp3) is 0.269. The zero-order chi connectivity index (χ0) is 58.5. The highest BCUT2D eigenvalue weighted by Gasteiger charge is 2.32. The molecule has 0 unspecified atom stereocenters. The van der Waals surface area contributed by atoms with Gasteiger partial charge in [-0.3, -0.25) is 19.1 Å². The van der Waals surface area contributed by atoms with E-state index in [2.05, 4.69) is 30.4 Å². The van der Waals surface area contributed by atoms with E-state index in [4.69, 9.17) is 42.1 Å². The Morgan fingerprint density at radius 3 is 1.14 bits per heavy atom. The first-order valence-electron chi connectivity index (χ1n) is 23.6. The highest BCUT2D eigenvalue weighted by molar-refractivity contribution is 7.91. The van der Waals surface area contributed by atoms with Gasteiger partial charge in [-0.25, -0.2) is 33.7 Å².